The van der Waals surface area contributed by atoms with Crippen LogP contribution in [0.4, 0.5) is 10.1 Å². The molecule has 0 saturated carbocycles. The summed E-state index contributed by atoms with van der Waals surface area (Å²) in [5, 5.41) is 14.1. The van der Waals surface area contributed by atoms with Crippen molar-refractivity contribution in [3.8, 4) is 11.5 Å². The van der Waals surface area contributed by atoms with Gasteiger partial charge in [0.2, 0.25) is 4.73 Å². The number of hydrogen-bond donors (Lipinski definition) is 0. The van der Waals surface area contributed by atoms with Crippen LogP contribution in [0.5, 0.6) is 0 Å². The summed E-state index contributed by atoms with van der Waals surface area (Å²) in [5.74, 6) is -0.743. The average Bonchev–Trinajstić information content (AvgIpc) is 2.64. The zero-order chi connectivity index (χ0) is 11.7. The molecule has 1 aromatic carbocycles. The van der Waals surface area contributed by atoms with Crippen LogP contribution >= 0.6 is 15.9 Å². The molecule has 2 aromatic rings. The fourth-order valence-electron chi connectivity index (χ4n) is 1.15. The molecule has 0 radical (unpaired) electrons. The maximum Gasteiger partial charge on any atom is 0.285 e. The standard InChI is InChI=1S/C8H3BrFN3O3/c9-8-11-7(16-12-8)5-2-1-4(10)3-6(5)13(14)15/h1-3H. The van der Waals surface area contributed by atoms with E-state index in [0.29, 0.717) is 0 Å². The highest BCUT2D eigenvalue weighted by Crippen LogP contribution is 2.29. The zero-order valence-electron chi connectivity index (χ0n) is 7.55. The molecule has 16 heavy (non-hydrogen) atoms. The van der Waals surface area contributed by atoms with E-state index < -0.39 is 16.4 Å². The van der Waals surface area contributed by atoms with Crippen LogP contribution in [-0.2, 0) is 0 Å². The number of hydrogen-bond acceptors (Lipinski definition) is 5. The summed E-state index contributed by atoms with van der Waals surface area (Å²) < 4.78 is 17.8. The Morgan fingerprint density at radius 2 is 2.25 bits per heavy atom. The molecule has 2 rings (SSSR count). The molecule has 0 fully saturated rings. The van der Waals surface area contributed by atoms with Gasteiger partial charge in [-0.15, -0.1) is 0 Å². The van der Waals surface area contributed by atoms with Gasteiger partial charge in [-0.25, -0.2) is 4.39 Å². The molecular formula is C8H3BrFN3O3. The lowest BCUT2D eigenvalue weighted by Gasteiger charge is -1.97. The van der Waals surface area contributed by atoms with Crippen molar-refractivity contribution in [3.05, 3.63) is 38.9 Å². The van der Waals surface area contributed by atoms with E-state index in [1.165, 1.54) is 6.07 Å². The van der Waals surface area contributed by atoms with Crippen LogP contribution < -0.4 is 0 Å². The Kier molecular flexibility index (Phi) is 2.65. The molecule has 0 aliphatic rings. The maximum atomic E-state index is 12.8. The Bertz CT molecular complexity index is 557. The Labute approximate surface area is 96.4 Å². The second-order valence-corrected chi connectivity index (χ2v) is 3.50. The molecule has 0 spiro atoms. The van der Waals surface area contributed by atoms with E-state index in [-0.39, 0.29) is 16.2 Å². The van der Waals surface area contributed by atoms with Gasteiger partial charge in [0.1, 0.15) is 11.4 Å². The molecule has 8 heteroatoms. The zero-order valence-corrected chi connectivity index (χ0v) is 9.14. The third-order valence-electron chi connectivity index (χ3n) is 1.79. The molecule has 0 N–H and O–H groups in total. The van der Waals surface area contributed by atoms with Crippen LogP contribution in [0.25, 0.3) is 11.5 Å². The number of aromatic nitrogens is 2. The molecule has 6 nitrogen and oxygen atoms in total. The highest BCUT2D eigenvalue weighted by Gasteiger charge is 2.20. The van der Waals surface area contributed by atoms with Gasteiger partial charge in [0, 0.05) is 0 Å². The number of nitro benzene ring substituents is 1. The SMILES string of the molecule is O=[N+]([O-])c1cc(F)ccc1-c1nc(Br)no1. The Morgan fingerprint density at radius 1 is 1.50 bits per heavy atom. The van der Waals surface area contributed by atoms with Gasteiger partial charge in [0.25, 0.3) is 11.6 Å². The van der Waals surface area contributed by atoms with Crippen LogP contribution in [0.3, 0.4) is 0 Å². The second-order valence-electron chi connectivity index (χ2n) is 2.79. The van der Waals surface area contributed by atoms with Crippen molar-refractivity contribution < 1.29 is 13.8 Å². The van der Waals surface area contributed by atoms with Crippen molar-refractivity contribution in [3.63, 3.8) is 0 Å². The largest absolute Gasteiger partial charge is 0.333 e. The molecule has 0 unspecified atom stereocenters. The fourth-order valence-corrected chi connectivity index (χ4v) is 1.39. The second kappa shape index (κ2) is 3.97. The molecule has 0 bridgehead atoms. The molecule has 1 heterocycles. The van der Waals surface area contributed by atoms with Gasteiger partial charge in [-0.2, -0.15) is 4.98 Å². The van der Waals surface area contributed by atoms with E-state index in [1.54, 1.807) is 0 Å². The first-order valence-electron chi connectivity index (χ1n) is 4.01. The number of rotatable bonds is 2. The van der Waals surface area contributed by atoms with E-state index in [4.69, 9.17) is 4.52 Å². The van der Waals surface area contributed by atoms with Crippen molar-refractivity contribution in [2.24, 2.45) is 0 Å². The van der Waals surface area contributed by atoms with Gasteiger partial charge in [-0.05, 0) is 33.2 Å². The van der Waals surface area contributed by atoms with Crippen molar-refractivity contribution in [1.29, 1.82) is 0 Å². The lowest BCUT2D eigenvalue weighted by atomic mass is 10.2. The summed E-state index contributed by atoms with van der Waals surface area (Å²) in [5.41, 5.74) is -0.347. The van der Waals surface area contributed by atoms with Gasteiger partial charge in [0.15, 0.2) is 0 Å². The quantitative estimate of drug-likeness (QED) is 0.626. The van der Waals surface area contributed by atoms with Crippen LogP contribution in [0.2, 0.25) is 0 Å². The third kappa shape index (κ3) is 1.91. The first-order chi connectivity index (χ1) is 7.58. The van der Waals surface area contributed by atoms with Crippen LogP contribution in [-0.4, -0.2) is 15.1 Å². The average molecular weight is 288 g/mol. The molecule has 0 atom stereocenters. The van der Waals surface area contributed by atoms with Gasteiger partial charge in [0.05, 0.1) is 11.0 Å². The first-order valence-corrected chi connectivity index (χ1v) is 4.81. The monoisotopic (exact) mass is 287 g/mol. The van der Waals surface area contributed by atoms with Gasteiger partial charge >= 0.3 is 0 Å². The number of nitrogens with zero attached hydrogens (tertiary/aromatic N) is 3. The molecule has 0 aliphatic carbocycles. The predicted octanol–water partition coefficient (Wildman–Crippen LogP) is 2.55. The normalized spacial score (nSPS) is 10.4. The number of halogens is 2. The van der Waals surface area contributed by atoms with E-state index >= 15 is 0 Å². The van der Waals surface area contributed by atoms with Crippen molar-refractivity contribution in [2.75, 3.05) is 0 Å². The Morgan fingerprint density at radius 3 is 2.81 bits per heavy atom. The summed E-state index contributed by atoms with van der Waals surface area (Å²) in [6.07, 6.45) is 0. The van der Waals surface area contributed by atoms with Gasteiger partial charge in [-0.1, -0.05) is 0 Å². The summed E-state index contributed by atoms with van der Waals surface area (Å²) >= 11 is 2.95. The summed E-state index contributed by atoms with van der Waals surface area (Å²) in [7, 11) is 0. The molecular weight excluding hydrogens is 285 g/mol. The van der Waals surface area contributed by atoms with Crippen molar-refractivity contribution >= 4 is 21.6 Å². The van der Waals surface area contributed by atoms with Crippen LogP contribution in [0.15, 0.2) is 27.5 Å². The van der Waals surface area contributed by atoms with E-state index in [2.05, 4.69) is 26.1 Å². The van der Waals surface area contributed by atoms with Gasteiger partial charge in [-0.3, -0.25) is 10.1 Å². The topological polar surface area (TPSA) is 82.1 Å². The highest BCUT2D eigenvalue weighted by molar-refractivity contribution is 9.10. The smallest absolute Gasteiger partial charge is 0.285 e. The van der Waals surface area contributed by atoms with E-state index in [0.717, 1.165) is 12.1 Å². The Balaban J connectivity index is 2.60. The van der Waals surface area contributed by atoms with Crippen LogP contribution in [0, 0.1) is 15.9 Å². The van der Waals surface area contributed by atoms with Gasteiger partial charge < -0.3 is 4.52 Å². The predicted molar refractivity (Wildman–Crippen MR) is 54.0 cm³/mol. The molecule has 0 amide bonds. The molecule has 0 saturated heterocycles. The lowest BCUT2D eigenvalue weighted by Crippen LogP contribution is -1.93. The highest BCUT2D eigenvalue weighted by atomic mass is 79.9. The minimum Gasteiger partial charge on any atom is -0.333 e. The number of benzene rings is 1. The molecule has 0 aliphatic heterocycles. The number of nitro groups is 1. The Hall–Kier alpha value is -1.83. The molecule has 1 aromatic heterocycles. The third-order valence-corrected chi connectivity index (χ3v) is 2.11. The fraction of sp³-hybridized carbons (Fsp3) is 0. The van der Waals surface area contributed by atoms with E-state index in [1.807, 2.05) is 0 Å². The lowest BCUT2D eigenvalue weighted by molar-refractivity contribution is -0.384. The minimum absolute atomic E-state index is 0.0430. The summed E-state index contributed by atoms with van der Waals surface area (Å²) in [6.45, 7) is 0. The van der Waals surface area contributed by atoms with E-state index in [9.17, 15) is 14.5 Å². The summed E-state index contributed by atoms with van der Waals surface area (Å²) in [4.78, 5) is 13.7. The van der Waals surface area contributed by atoms with Crippen LogP contribution in [0.1, 0.15) is 0 Å². The molecule has 82 valence electrons. The van der Waals surface area contributed by atoms with Crippen molar-refractivity contribution in [1.82, 2.24) is 10.1 Å². The minimum atomic E-state index is -0.712. The summed E-state index contributed by atoms with van der Waals surface area (Å²) in [6, 6.07) is 3.10. The first kappa shape index (κ1) is 10.7. The maximum absolute atomic E-state index is 12.8. The van der Waals surface area contributed by atoms with Crippen molar-refractivity contribution in [2.45, 2.75) is 0 Å².